The van der Waals surface area contributed by atoms with Crippen molar-refractivity contribution in [1.82, 2.24) is 15.0 Å². The molecule has 0 spiro atoms. The zero-order valence-corrected chi connectivity index (χ0v) is 30.0. The van der Waals surface area contributed by atoms with Crippen molar-refractivity contribution < 1.29 is 31.7 Å². The second-order valence-corrected chi connectivity index (χ2v) is 22.3. The van der Waals surface area contributed by atoms with Crippen molar-refractivity contribution >= 4 is 39.7 Å². The second kappa shape index (κ2) is 13.6. The van der Waals surface area contributed by atoms with Gasteiger partial charge in [-0.2, -0.15) is 0 Å². The molecule has 6 rings (SSSR count). The van der Waals surface area contributed by atoms with Gasteiger partial charge in [0.15, 0.2) is 0 Å². The van der Waals surface area contributed by atoms with E-state index in [-0.39, 0.29) is 20.1 Å². The van der Waals surface area contributed by atoms with Gasteiger partial charge in [-0.25, -0.2) is 9.37 Å². The first-order chi connectivity index (χ1) is 20.6. The van der Waals surface area contributed by atoms with Crippen LogP contribution in [-0.4, -0.2) is 28.2 Å². The van der Waals surface area contributed by atoms with Crippen LogP contribution in [0.25, 0.3) is 44.6 Å². The van der Waals surface area contributed by atoms with E-state index in [4.69, 9.17) is 7.16 Å². The summed E-state index contributed by atoms with van der Waals surface area (Å²) in [6.45, 7) is 7.56. The molecule has 0 amide bonds. The minimum Gasteiger partial charge on any atom is -0.486 e. The quantitative estimate of drug-likeness (QED) is 0.129. The number of rotatable bonds is 5. The van der Waals surface area contributed by atoms with Crippen molar-refractivity contribution in [2.45, 2.75) is 56.8 Å². The van der Waals surface area contributed by atoms with E-state index in [1.54, 1.807) is 12.3 Å². The number of hydrogen-bond donors (Lipinski definition) is 0. The fraction of sp³-hybridized carbons (Fsp3) is 0.250. The van der Waals surface area contributed by atoms with Crippen molar-refractivity contribution in [3.8, 4) is 22.5 Å². The molecule has 0 aliphatic heterocycles. The molecule has 0 saturated heterocycles. The van der Waals surface area contributed by atoms with Gasteiger partial charge in [0.1, 0.15) is 5.82 Å². The average Bonchev–Trinajstić information content (AvgIpc) is 3.34. The Hall–Kier alpha value is -3.19. The van der Waals surface area contributed by atoms with E-state index < -0.39 is 30.9 Å². The van der Waals surface area contributed by atoms with Gasteiger partial charge in [-0.15, -0.1) is 18.2 Å². The van der Waals surface area contributed by atoms with Gasteiger partial charge in [0, 0.05) is 33.1 Å². The maximum absolute atomic E-state index is 13.5. The molecular formula is C36H36FGeIrN3O-2. The van der Waals surface area contributed by atoms with Gasteiger partial charge < -0.3 is 9.40 Å². The summed E-state index contributed by atoms with van der Waals surface area (Å²) in [7, 11) is 0. The first-order valence-corrected chi connectivity index (χ1v) is 21.3. The average molecular weight is 813 g/mol. The molecule has 0 aliphatic rings. The van der Waals surface area contributed by atoms with Gasteiger partial charge in [-0.3, -0.25) is 0 Å². The van der Waals surface area contributed by atoms with Crippen molar-refractivity contribution in [3.63, 3.8) is 0 Å². The van der Waals surface area contributed by atoms with Gasteiger partial charge in [-0.05, 0) is 23.7 Å². The van der Waals surface area contributed by atoms with Gasteiger partial charge in [-0.1, -0.05) is 36.4 Å². The van der Waals surface area contributed by atoms with Gasteiger partial charge in [0.2, 0.25) is 5.71 Å². The Labute approximate surface area is 272 Å². The van der Waals surface area contributed by atoms with E-state index in [1.807, 2.05) is 76.4 Å². The first kappa shape index (κ1) is 29.9. The van der Waals surface area contributed by atoms with Crippen molar-refractivity contribution in [3.05, 3.63) is 108 Å². The zero-order valence-electron chi connectivity index (χ0n) is 27.5. The largest absolute Gasteiger partial charge is 0.486 e. The standard InChI is InChI=1S/C19H14FN2O.C17H22GeN.Ir/c1-11(2)12-6-7-21-17(8-12)15-5-3-4-14-16-9-13(20)10-22-19(16)23-18(14)15;1-13(2)15-11-17(14-9-7-6-8-10-14)19-12-16(15)18(3,4)5;/h3-4,6-11H,1-2H3;6-9,11-13H,1-5H3;/q2*-1;/i11D;13D;. The van der Waals surface area contributed by atoms with Crippen molar-refractivity contribution in [2.75, 3.05) is 0 Å². The summed E-state index contributed by atoms with van der Waals surface area (Å²) >= 11 is -2.03. The number of pyridine rings is 3. The molecule has 0 aliphatic carbocycles. The molecule has 1 radical (unpaired) electrons. The number of benzene rings is 2. The summed E-state index contributed by atoms with van der Waals surface area (Å²) in [4.78, 5) is 13.0. The summed E-state index contributed by atoms with van der Waals surface area (Å²) in [6.07, 6.45) is 4.81. The number of fused-ring (bicyclic) bond motifs is 3. The molecule has 0 fully saturated rings. The Morgan fingerprint density at radius 1 is 0.837 bits per heavy atom. The Morgan fingerprint density at radius 2 is 1.63 bits per heavy atom. The van der Waals surface area contributed by atoms with Gasteiger partial charge in [0.25, 0.3) is 0 Å². The molecule has 6 aromatic rings. The van der Waals surface area contributed by atoms with E-state index in [2.05, 4.69) is 50.4 Å². The van der Waals surface area contributed by atoms with Crippen LogP contribution < -0.4 is 4.40 Å². The van der Waals surface area contributed by atoms with Gasteiger partial charge in [0.05, 0.1) is 11.8 Å². The SMILES string of the molecule is [2H]C(C)(C)c1cc(-c2[c-]cccc2)nc[c]1[Ge]([CH3])([CH3])[CH3].[2H]C(C)(C)c1ccnc(-c2[c-]ccc3c2oc2ncc(F)cc23)c1.[Ir]. The molecule has 0 unspecified atom stereocenters. The molecule has 0 bridgehead atoms. The van der Waals surface area contributed by atoms with Crippen LogP contribution in [0, 0.1) is 17.9 Å². The van der Waals surface area contributed by atoms with Crippen LogP contribution >= 0.6 is 0 Å². The fourth-order valence-corrected chi connectivity index (χ4v) is 8.15. The molecule has 4 nitrogen and oxygen atoms in total. The van der Waals surface area contributed by atoms with E-state index in [9.17, 15) is 4.39 Å². The smallest absolute Gasteiger partial charge is 0.216 e. The van der Waals surface area contributed by atoms with Crippen molar-refractivity contribution in [2.24, 2.45) is 0 Å². The Morgan fingerprint density at radius 3 is 2.30 bits per heavy atom. The van der Waals surface area contributed by atoms with Crippen LogP contribution in [0.5, 0.6) is 0 Å². The third-order valence-electron chi connectivity index (χ3n) is 7.09. The van der Waals surface area contributed by atoms with E-state index in [0.717, 1.165) is 34.0 Å². The third kappa shape index (κ3) is 7.31. The molecule has 4 heterocycles. The first-order valence-electron chi connectivity index (χ1n) is 15.0. The molecule has 0 atom stereocenters. The molecule has 0 N–H and O–H groups in total. The van der Waals surface area contributed by atoms with E-state index in [1.165, 1.54) is 10.5 Å². The summed E-state index contributed by atoms with van der Waals surface area (Å²) in [5.41, 5.74) is 6.16. The minimum absolute atomic E-state index is 0. The Kier molecular flexibility index (Phi) is 9.46. The Bertz CT molecular complexity index is 1940. The molecule has 7 heteroatoms. The predicted molar refractivity (Wildman–Crippen MR) is 173 cm³/mol. The molecule has 223 valence electrons. The molecule has 2 aromatic carbocycles. The topological polar surface area (TPSA) is 51.8 Å². The second-order valence-electron chi connectivity index (χ2n) is 11.8. The monoisotopic (exact) mass is 814 g/mol. The minimum atomic E-state index is -2.03. The van der Waals surface area contributed by atoms with Crippen LogP contribution in [0.4, 0.5) is 4.39 Å². The van der Waals surface area contributed by atoms with E-state index in [0.29, 0.717) is 27.9 Å². The predicted octanol–water partition coefficient (Wildman–Crippen LogP) is 9.32. The maximum atomic E-state index is 13.5. The Balaban J connectivity index is 0.000000204. The molecular weight excluding hydrogens is 774 g/mol. The van der Waals surface area contributed by atoms with Crippen LogP contribution in [-0.2, 0) is 20.1 Å². The van der Waals surface area contributed by atoms with Crippen molar-refractivity contribution in [1.29, 1.82) is 0 Å². The maximum Gasteiger partial charge on any atom is 0.216 e. The van der Waals surface area contributed by atoms with Crippen LogP contribution in [0.3, 0.4) is 0 Å². The number of furan rings is 1. The number of halogens is 1. The van der Waals surface area contributed by atoms with Crippen LogP contribution in [0.1, 0.15) is 53.4 Å². The summed E-state index contributed by atoms with van der Waals surface area (Å²) in [5.74, 6) is 5.31. The summed E-state index contributed by atoms with van der Waals surface area (Å²) in [5, 5.41) is 1.39. The normalized spacial score (nSPS) is 12.7. The van der Waals surface area contributed by atoms with E-state index >= 15 is 0 Å². The fourth-order valence-electron chi connectivity index (χ4n) is 4.84. The number of aromatic nitrogens is 3. The third-order valence-corrected chi connectivity index (χ3v) is 11.3. The molecule has 4 aromatic heterocycles. The van der Waals surface area contributed by atoms with Crippen LogP contribution in [0.15, 0.2) is 83.7 Å². The number of nitrogens with zero attached hydrogens (tertiary/aromatic N) is 3. The summed E-state index contributed by atoms with van der Waals surface area (Å²) < 4.78 is 37.3. The summed E-state index contributed by atoms with van der Waals surface area (Å²) in [6, 6.07) is 25.0. The molecule has 0 saturated carbocycles. The van der Waals surface area contributed by atoms with Crippen LogP contribution in [0.2, 0.25) is 17.3 Å². The number of hydrogen-bond acceptors (Lipinski definition) is 4. The molecule has 43 heavy (non-hydrogen) atoms. The zero-order chi connectivity index (χ0) is 31.9. The van der Waals surface area contributed by atoms with Gasteiger partial charge >= 0.3 is 120 Å².